The largest absolute Gasteiger partial charge is 0.338 e. The number of nitrogens with one attached hydrogen (secondary N) is 1. The number of halogens is 1. The number of anilines is 1. The SMILES string of the molecule is CN1C(=O)CCC(C(=O)Nc2cccc(Br)c2)C1c1ccccc1. The number of carbonyl (C=O) groups is 2. The van der Waals surface area contributed by atoms with E-state index >= 15 is 0 Å². The number of piperidine rings is 1. The van der Waals surface area contributed by atoms with Crippen molar-refractivity contribution in [1.82, 2.24) is 4.90 Å². The van der Waals surface area contributed by atoms with Crippen molar-refractivity contribution in [2.24, 2.45) is 5.92 Å². The molecule has 0 bridgehead atoms. The van der Waals surface area contributed by atoms with Crippen molar-refractivity contribution in [2.75, 3.05) is 12.4 Å². The van der Waals surface area contributed by atoms with E-state index < -0.39 is 0 Å². The Hall–Kier alpha value is -2.14. The molecule has 124 valence electrons. The number of likely N-dealkylation sites (tertiary alicyclic amines) is 1. The van der Waals surface area contributed by atoms with E-state index in [-0.39, 0.29) is 23.8 Å². The van der Waals surface area contributed by atoms with Crippen molar-refractivity contribution in [2.45, 2.75) is 18.9 Å². The Morgan fingerprint density at radius 2 is 1.92 bits per heavy atom. The fourth-order valence-corrected chi connectivity index (χ4v) is 3.62. The van der Waals surface area contributed by atoms with Gasteiger partial charge in [-0.3, -0.25) is 9.59 Å². The third kappa shape index (κ3) is 3.51. The van der Waals surface area contributed by atoms with Gasteiger partial charge >= 0.3 is 0 Å². The first-order valence-electron chi connectivity index (χ1n) is 7.93. The second-order valence-electron chi connectivity index (χ2n) is 6.00. The summed E-state index contributed by atoms with van der Waals surface area (Å²) in [6.07, 6.45) is 0.957. The van der Waals surface area contributed by atoms with Crippen LogP contribution in [0.25, 0.3) is 0 Å². The molecule has 2 aromatic rings. The van der Waals surface area contributed by atoms with Gasteiger partial charge in [0.05, 0.1) is 12.0 Å². The standard InChI is InChI=1S/C19H19BrN2O2/c1-22-17(23)11-10-16(18(22)13-6-3-2-4-7-13)19(24)21-15-9-5-8-14(20)12-15/h2-9,12,16,18H,10-11H2,1H3,(H,21,24). The minimum absolute atomic E-state index is 0.0543. The first kappa shape index (κ1) is 16.7. The van der Waals surface area contributed by atoms with Gasteiger partial charge in [-0.05, 0) is 30.2 Å². The van der Waals surface area contributed by atoms with Crippen LogP contribution in [0.15, 0.2) is 59.1 Å². The minimum atomic E-state index is -0.269. The molecule has 24 heavy (non-hydrogen) atoms. The summed E-state index contributed by atoms with van der Waals surface area (Å²) in [6.45, 7) is 0. The number of benzene rings is 2. The molecule has 1 aliphatic heterocycles. The van der Waals surface area contributed by atoms with Crippen LogP contribution in [0, 0.1) is 5.92 Å². The van der Waals surface area contributed by atoms with Gasteiger partial charge in [-0.2, -0.15) is 0 Å². The quantitative estimate of drug-likeness (QED) is 0.866. The Morgan fingerprint density at radius 3 is 2.62 bits per heavy atom. The van der Waals surface area contributed by atoms with Crippen molar-refractivity contribution in [1.29, 1.82) is 0 Å². The molecule has 0 aromatic heterocycles. The smallest absolute Gasteiger partial charge is 0.229 e. The molecule has 4 nitrogen and oxygen atoms in total. The fourth-order valence-electron chi connectivity index (χ4n) is 3.22. The second kappa shape index (κ2) is 7.18. The van der Waals surface area contributed by atoms with Gasteiger partial charge in [0.2, 0.25) is 11.8 Å². The van der Waals surface area contributed by atoms with Crippen LogP contribution in [0.2, 0.25) is 0 Å². The van der Waals surface area contributed by atoms with Crippen LogP contribution in [-0.4, -0.2) is 23.8 Å². The highest BCUT2D eigenvalue weighted by Crippen LogP contribution is 2.36. The van der Waals surface area contributed by atoms with Gasteiger partial charge in [-0.25, -0.2) is 0 Å². The lowest BCUT2D eigenvalue weighted by Crippen LogP contribution is -2.44. The van der Waals surface area contributed by atoms with Gasteiger partial charge in [0.25, 0.3) is 0 Å². The summed E-state index contributed by atoms with van der Waals surface area (Å²) in [5, 5.41) is 2.98. The topological polar surface area (TPSA) is 49.4 Å². The van der Waals surface area contributed by atoms with Crippen LogP contribution in [0.3, 0.4) is 0 Å². The number of rotatable bonds is 3. The van der Waals surface area contributed by atoms with Crippen molar-refractivity contribution >= 4 is 33.4 Å². The maximum Gasteiger partial charge on any atom is 0.229 e. The number of hydrogen-bond acceptors (Lipinski definition) is 2. The molecule has 0 spiro atoms. The zero-order chi connectivity index (χ0) is 17.1. The summed E-state index contributed by atoms with van der Waals surface area (Å²) in [5.74, 6) is -0.245. The van der Waals surface area contributed by atoms with Crippen LogP contribution in [0.1, 0.15) is 24.4 Å². The Labute approximate surface area is 150 Å². The number of carbonyl (C=O) groups excluding carboxylic acids is 2. The van der Waals surface area contributed by atoms with E-state index in [0.717, 1.165) is 15.7 Å². The van der Waals surface area contributed by atoms with Gasteiger partial charge in [0, 0.05) is 23.6 Å². The lowest BCUT2D eigenvalue weighted by Gasteiger charge is -2.38. The predicted molar refractivity (Wildman–Crippen MR) is 97.4 cm³/mol. The molecule has 0 saturated carbocycles. The third-order valence-electron chi connectivity index (χ3n) is 4.43. The number of amides is 2. The first-order chi connectivity index (χ1) is 11.6. The van der Waals surface area contributed by atoms with Crippen molar-refractivity contribution in [3.05, 3.63) is 64.6 Å². The molecule has 2 atom stereocenters. The summed E-state index contributed by atoms with van der Waals surface area (Å²) in [7, 11) is 1.78. The third-order valence-corrected chi connectivity index (χ3v) is 4.92. The van der Waals surface area contributed by atoms with Gasteiger partial charge in [0.1, 0.15) is 0 Å². The summed E-state index contributed by atoms with van der Waals surface area (Å²) in [6, 6.07) is 17.0. The molecular formula is C19H19BrN2O2. The molecule has 5 heteroatoms. The average molecular weight is 387 g/mol. The van der Waals surface area contributed by atoms with Gasteiger partial charge in [0.15, 0.2) is 0 Å². The van der Waals surface area contributed by atoms with E-state index in [2.05, 4.69) is 21.2 Å². The van der Waals surface area contributed by atoms with E-state index in [0.29, 0.717) is 12.8 Å². The lowest BCUT2D eigenvalue weighted by molar-refractivity contribution is -0.140. The maximum atomic E-state index is 12.9. The molecule has 1 aliphatic rings. The Bertz CT molecular complexity index is 748. The van der Waals surface area contributed by atoms with Gasteiger partial charge in [-0.15, -0.1) is 0 Å². The normalized spacial score (nSPS) is 20.8. The Kier molecular flexibility index (Phi) is 5.00. The van der Waals surface area contributed by atoms with Crippen LogP contribution in [-0.2, 0) is 9.59 Å². The summed E-state index contributed by atoms with van der Waals surface area (Å²) in [5.41, 5.74) is 1.74. The Balaban J connectivity index is 1.86. The molecule has 1 fully saturated rings. The second-order valence-corrected chi connectivity index (χ2v) is 6.92. The molecule has 0 radical (unpaired) electrons. The molecule has 1 heterocycles. The van der Waals surface area contributed by atoms with Crippen LogP contribution < -0.4 is 5.32 Å². The molecular weight excluding hydrogens is 368 g/mol. The van der Waals surface area contributed by atoms with Crippen LogP contribution in [0.5, 0.6) is 0 Å². The highest BCUT2D eigenvalue weighted by atomic mass is 79.9. The molecule has 0 aliphatic carbocycles. The van der Waals surface area contributed by atoms with Crippen LogP contribution in [0.4, 0.5) is 5.69 Å². The average Bonchev–Trinajstić information content (AvgIpc) is 2.58. The zero-order valence-corrected chi connectivity index (χ0v) is 15.0. The molecule has 1 N–H and O–H groups in total. The first-order valence-corrected chi connectivity index (χ1v) is 8.72. The predicted octanol–water partition coefficient (Wildman–Crippen LogP) is 4.00. The zero-order valence-electron chi connectivity index (χ0n) is 13.4. The highest BCUT2D eigenvalue weighted by molar-refractivity contribution is 9.10. The maximum absolute atomic E-state index is 12.9. The summed E-state index contributed by atoms with van der Waals surface area (Å²) < 4.78 is 0.913. The monoisotopic (exact) mass is 386 g/mol. The van der Waals surface area contributed by atoms with Gasteiger partial charge in [-0.1, -0.05) is 52.3 Å². The molecule has 2 amide bonds. The Morgan fingerprint density at radius 1 is 1.17 bits per heavy atom. The van der Waals surface area contributed by atoms with Gasteiger partial charge < -0.3 is 10.2 Å². The molecule has 1 saturated heterocycles. The van der Waals surface area contributed by atoms with E-state index in [1.807, 2.05) is 54.6 Å². The molecule has 2 aromatic carbocycles. The number of hydrogen-bond donors (Lipinski definition) is 1. The van der Waals surface area contributed by atoms with Crippen molar-refractivity contribution < 1.29 is 9.59 Å². The molecule has 3 rings (SSSR count). The summed E-state index contributed by atoms with van der Waals surface area (Å²) in [4.78, 5) is 26.7. The highest BCUT2D eigenvalue weighted by Gasteiger charge is 2.38. The fraction of sp³-hybridized carbons (Fsp3) is 0.263. The number of nitrogens with zero attached hydrogens (tertiary/aromatic N) is 1. The van der Waals surface area contributed by atoms with Crippen molar-refractivity contribution in [3.63, 3.8) is 0 Å². The minimum Gasteiger partial charge on any atom is -0.338 e. The molecule has 2 unspecified atom stereocenters. The van der Waals surface area contributed by atoms with E-state index in [4.69, 9.17) is 0 Å². The van der Waals surface area contributed by atoms with Crippen molar-refractivity contribution in [3.8, 4) is 0 Å². The summed E-state index contributed by atoms with van der Waals surface area (Å²) >= 11 is 3.41. The van der Waals surface area contributed by atoms with E-state index in [1.165, 1.54) is 0 Å². The van der Waals surface area contributed by atoms with E-state index in [9.17, 15) is 9.59 Å². The lowest BCUT2D eigenvalue weighted by atomic mass is 9.84. The van der Waals surface area contributed by atoms with Crippen LogP contribution >= 0.6 is 15.9 Å². The van der Waals surface area contributed by atoms with E-state index in [1.54, 1.807) is 11.9 Å².